The lowest BCUT2D eigenvalue weighted by Gasteiger charge is -2.31. The first-order valence-electron chi connectivity index (χ1n) is 5.94. The largest absolute Gasteiger partial charge is 0.504 e. The molecular formula is C13H20ClNO2. The number of benzene rings is 1. The van der Waals surface area contributed by atoms with E-state index < -0.39 is 0 Å². The molecule has 1 aromatic rings. The summed E-state index contributed by atoms with van der Waals surface area (Å²) in [6.45, 7) is 2.45. The molecule has 0 amide bonds. The molecule has 0 aromatic heterocycles. The van der Waals surface area contributed by atoms with Crippen molar-refractivity contribution >= 4 is 12.4 Å². The van der Waals surface area contributed by atoms with Crippen molar-refractivity contribution < 1.29 is 9.84 Å². The standard InChI is InChI=1S/C13H19NO2.ClH/c1-2-16-11-8-4-7-10(13(11)15)12(14)9-5-3-6-9;/h4,7-9,12,15H,2-3,5-6,14H2,1H3;1H/t12-;/m0./s1. The summed E-state index contributed by atoms with van der Waals surface area (Å²) in [6.07, 6.45) is 3.59. The molecule has 0 aliphatic heterocycles. The van der Waals surface area contributed by atoms with Crippen molar-refractivity contribution in [2.24, 2.45) is 11.7 Å². The quantitative estimate of drug-likeness (QED) is 0.872. The molecule has 1 saturated carbocycles. The lowest BCUT2D eigenvalue weighted by Crippen LogP contribution is -2.26. The first-order chi connectivity index (χ1) is 7.74. The molecule has 1 aliphatic carbocycles. The van der Waals surface area contributed by atoms with E-state index in [-0.39, 0.29) is 24.2 Å². The van der Waals surface area contributed by atoms with Gasteiger partial charge in [0.2, 0.25) is 0 Å². The van der Waals surface area contributed by atoms with Gasteiger partial charge in [-0.15, -0.1) is 12.4 Å². The molecule has 2 rings (SSSR count). The second kappa shape index (κ2) is 6.12. The lowest BCUT2D eigenvalue weighted by molar-refractivity contribution is 0.257. The Morgan fingerprint density at radius 3 is 2.71 bits per heavy atom. The Balaban J connectivity index is 0.00000144. The summed E-state index contributed by atoms with van der Waals surface area (Å²) in [4.78, 5) is 0. The van der Waals surface area contributed by atoms with E-state index in [1.807, 2.05) is 19.1 Å². The Morgan fingerprint density at radius 2 is 2.18 bits per heavy atom. The lowest BCUT2D eigenvalue weighted by atomic mass is 9.77. The van der Waals surface area contributed by atoms with Gasteiger partial charge in [0.1, 0.15) is 0 Å². The van der Waals surface area contributed by atoms with E-state index >= 15 is 0 Å². The molecule has 0 unspecified atom stereocenters. The number of nitrogens with two attached hydrogens (primary N) is 1. The molecule has 1 aromatic carbocycles. The smallest absolute Gasteiger partial charge is 0.162 e. The SMILES string of the molecule is CCOc1cccc([C@@H](N)C2CCC2)c1O.Cl. The van der Waals surface area contributed by atoms with Crippen LogP contribution in [0.25, 0.3) is 0 Å². The Bertz CT molecular complexity index is 366. The minimum Gasteiger partial charge on any atom is -0.504 e. The van der Waals surface area contributed by atoms with E-state index in [1.165, 1.54) is 19.3 Å². The predicted octanol–water partition coefficient (Wildman–Crippen LogP) is 3.01. The van der Waals surface area contributed by atoms with Gasteiger partial charge in [-0.2, -0.15) is 0 Å². The van der Waals surface area contributed by atoms with E-state index in [0.717, 1.165) is 5.56 Å². The van der Waals surface area contributed by atoms with Crippen LogP contribution in [0.5, 0.6) is 11.5 Å². The van der Waals surface area contributed by atoms with Gasteiger partial charge in [0.25, 0.3) is 0 Å². The predicted molar refractivity (Wildman–Crippen MR) is 70.8 cm³/mol. The van der Waals surface area contributed by atoms with Crippen molar-refractivity contribution in [3.05, 3.63) is 23.8 Å². The highest BCUT2D eigenvalue weighted by Crippen LogP contribution is 2.41. The molecule has 0 spiro atoms. The van der Waals surface area contributed by atoms with Crippen molar-refractivity contribution in [1.29, 1.82) is 0 Å². The van der Waals surface area contributed by atoms with Crippen molar-refractivity contribution in [1.82, 2.24) is 0 Å². The fraction of sp³-hybridized carbons (Fsp3) is 0.538. The van der Waals surface area contributed by atoms with E-state index in [9.17, 15) is 5.11 Å². The number of phenolic OH excluding ortho intramolecular Hbond substituents is 1. The fourth-order valence-electron chi connectivity index (χ4n) is 2.13. The molecule has 1 aliphatic rings. The number of hydrogen-bond donors (Lipinski definition) is 2. The zero-order valence-electron chi connectivity index (χ0n) is 10.1. The second-order valence-electron chi connectivity index (χ2n) is 4.34. The number of hydrogen-bond acceptors (Lipinski definition) is 3. The molecule has 1 atom stereocenters. The molecule has 1 fully saturated rings. The Kier molecular flexibility index (Phi) is 5.09. The van der Waals surface area contributed by atoms with E-state index in [0.29, 0.717) is 18.3 Å². The summed E-state index contributed by atoms with van der Waals surface area (Å²) in [5.74, 6) is 1.27. The first kappa shape index (κ1) is 14.1. The summed E-state index contributed by atoms with van der Waals surface area (Å²) < 4.78 is 5.35. The van der Waals surface area contributed by atoms with Gasteiger partial charge in [0, 0.05) is 11.6 Å². The Hall–Kier alpha value is -0.930. The van der Waals surface area contributed by atoms with Crippen LogP contribution in [0.15, 0.2) is 18.2 Å². The molecule has 0 heterocycles. The number of phenols is 1. The van der Waals surface area contributed by atoms with Gasteiger partial charge in [-0.3, -0.25) is 0 Å². The van der Waals surface area contributed by atoms with Crippen LogP contribution in [-0.2, 0) is 0 Å². The molecule has 4 heteroatoms. The van der Waals surface area contributed by atoms with Gasteiger partial charge in [-0.1, -0.05) is 18.6 Å². The minimum atomic E-state index is -0.0610. The topological polar surface area (TPSA) is 55.5 Å². The normalized spacial score (nSPS) is 16.8. The number of para-hydroxylation sites is 1. The van der Waals surface area contributed by atoms with Gasteiger partial charge in [0.15, 0.2) is 11.5 Å². The van der Waals surface area contributed by atoms with Crippen molar-refractivity contribution in [2.75, 3.05) is 6.61 Å². The Morgan fingerprint density at radius 1 is 1.47 bits per heavy atom. The van der Waals surface area contributed by atoms with Crippen LogP contribution < -0.4 is 10.5 Å². The number of halogens is 1. The summed E-state index contributed by atoms with van der Waals surface area (Å²) in [7, 11) is 0. The van der Waals surface area contributed by atoms with E-state index in [2.05, 4.69) is 0 Å². The zero-order valence-corrected chi connectivity index (χ0v) is 10.9. The molecule has 0 bridgehead atoms. The monoisotopic (exact) mass is 257 g/mol. The molecule has 3 nitrogen and oxygen atoms in total. The summed E-state index contributed by atoms with van der Waals surface area (Å²) in [6, 6.07) is 5.49. The maximum absolute atomic E-state index is 10.1. The molecular weight excluding hydrogens is 238 g/mol. The van der Waals surface area contributed by atoms with Crippen LogP contribution >= 0.6 is 12.4 Å². The second-order valence-corrected chi connectivity index (χ2v) is 4.34. The maximum Gasteiger partial charge on any atom is 0.162 e. The third-order valence-corrected chi connectivity index (χ3v) is 3.35. The van der Waals surface area contributed by atoms with Crippen LogP contribution in [0.1, 0.15) is 37.8 Å². The van der Waals surface area contributed by atoms with Crippen LogP contribution in [0, 0.1) is 5.92 Å². The number of ether oxygens (including phenoxy) is 1. The number of rotatable bonds is 4. The third-order valence-electron chi connectivity index (χ3n) is 3.35. The van der Waals surface area contributed by atoms with Gasteiger partial charge in [-0.05, 0) is 31.7 Å². The molecule has 96 valence electrons. The third kappa shape index (κ3) is 2.85. The first-order valence-corrected chi connectivity index (χ1v) is 5.94. The highest BCUT2D eigenvalue weighted by Gasteiger charge is 2.27. The summed E-state index contributed by atoms with van der Waals surface area (Å²) >= 11 is 0. The van der Waals surface area contributed by atoms with Gasteiger partial charge in [0.05, 0.1) is 6.61 Å². The maximum atomic E-state index is 10.1. The van der Waals surface area contributed by atoms with Gasteiger partial charge in [-0.25, -0.2) is 0 Å². The van der Waals surface area contributed by atoms with Crippen molar-refractivity contribution in [3.8, 4) is 11.5 Å². The molecule has 0 saturated heterocycles. The van der Waals surface area contributed by atoms with Gasteiger partial charge < -0.3 is 15.6 Å². The van der Waals surface area contributed by atoms with Crippen LogP contribution in [-0.4, -0.2) is 11.7 Å². The van der Waals surface area contributed by atoms with Crippen LogP contribution in [0.4, 0.5) is 0 Å². The minimum absolute atomic E-state index is 0. The molecule has 0 radical (unpaired) electrons. The highest BCUT2D eigenvalue weighted by molar-refractivity contribution is 5.85. The van der Waals surface area contributed by atoms with E-state index in [1.54, 1.807) is 6.07 Å². The van der Waals surface area contributed by atoms with E-state index in [4.69, 9.17) is 10.5 Å². The average Bonchev–Trinajstić information content (AvgIpc) is 2.18. The zero-order chi connectivity index (χ0) is 11.5. The Labute approximate surface area is 108 Å². The van der Waals surface area contributed by atoms with Crippen LogP contribution in [0.2, 0.25) is 0 Å². The van der Waals surface area contributed by atoms with Crippen LogP contribution in [0.3, 0.4) is 0 Å². The summed E-state index contributed by atoms with van der Waals surface area (Å²) in [5, 5.41) is 10.1. The van der Waals surface area contributed by atoms with Crippen molar-refractivity contribution in [3.63, 3.8) is 0 Å². The van der Waals surface area contributed by atoms with Gasteiger partial charge >= 0.3 is 0 Å². The highest BCUT2D eigenvalue weighted by atomic mass is 35.5. The fourth-order valence-corrected chi connectivity index (χ4v) is 2.13. The molecule has 3 N–H and O–H groups in total. The van der Waals surface area contributed by atoms with Crippen molar-refractivity contribution in [2.45, 2.75) is 32.2 Å². The summed E-state index contributed by atoms with van der Waals surface area (Å²) in [5.41, 5.74) is 6.97. The molecule has 17 heavy (non-hydrogen) atoms. The number of aromatic hydroxyl groups is 1. The average molecular weight is 258 g/mol.